The molecule has 0 bridgehead atoms. The van der Waals surface area contributed by atoms with E-state index >= 15 is 0 Å². The van der Waals surface area contributed by atoms with Crippen molar-refractivity contribution in [2.75, 3.05) is 26.2 Å². The Balaban J connectivity index is 1.81. The largest absolute Gasteiger partial charge is 0.480 e. The van der Waals surface area contributed by atoms with Crippen molar-refractivity contribution in [2.24, 2.45) is 4.99 Å². The third-order valence-corrected chi connectivity index (χ3v) is 5.83. The number of nitrogens with one attached hydrogen (secondary N) is 2. The van der Waals surface area contributed by atoms with Gasteiger partial charge in [-0.1, -0.05) is 30.3 Å². The van der Waals surface area contributed by atoms with Crippen LogP contribution in [0.2, 0.25) is 0 Å². The zero-order valence-corrected chi connectivity index (χ0v) is 20.6. The number of likely N-dealkylation sites (N-methyl/N-ethyl adjacent to an activating group) is 1. The van der Waals surface area contributed by atoms with Gasteiger partial charge in [-0.15, -0.1) is 0 Å². The van der Waals surface area contributed by atoms with Gasteiger partial charge in [-0.25, -0.2) is 14.6 Å². The summed E-state index contributed by atoms with van der Waals surface area (Å²) in [6, 6.07) is 6.35. The summed E-state index contributed by atoms with van der Waals surface area (Å²) in [5.41, 5.74) is 1.07. The van der Waals surface area contributed by atoms with E-state index in [1.807, 2.05) is 6.07 Å². The van der Waals surface area contributed by atoms with Gasteiger partial charge in [0.15, 0.2) is 0 Å². The fourth-order valence-electron chi connectivity index (χ4n) is 3.64. The van der Waals surface area contributed by atoms with Crippen LogP contribution in [0.15, 0.2) is 47.2 Å². The number of carbonyl (C=O) groups excluding carboxylic acids is 3. The van der Waals surface area contributed by atoms with Gasteiger partial charge in [-0.2, -0.15) is 12.6 Å². The first-order valence-corrected chi connectivity index (χ1v) is 11.6. The van der Waals surface area contributed by atoms with Crippen LogP contribution in [-0.4, -0.2) is 81.6 Å². The Labute approximate surface area is 208 Å². The van der Waals surface area contributed by atoms with Crippen molar-refractivity contribution >= 4 is 42.3 Å². The van der Waals surface area contributed by atoms with Crippen LogP contribution >= 0.6 is 12.6 Å². The van der Waals surface area contributed by atoms with Crippen LogP contribution < -0.4 is 10.6 Å². The average Bonchev–Trinajstić information content (AvgIpc) is 3.27. The lowest BCUT2D eigenvalue weighted by Crippen LogP contribution is -2.58. The number of carboxylic acid groups (broad SMARTS) is 1. The Hall–Kier alpha value is -3.54. The summed E-state index contributed by atoms with van der Waals surface area (Å²) in [5.74, 6) is -2.52. The molecular formula is C23H29N5O6S. The van der Waals surface area contributed by atoms with Gasteiger partial charge >= 0.3 is 23.8 Å². The Kier molecular flexibility index (Phi) is 8.05. The second-order valence-electron chi connectivity index (χ2n) is 8.60. The maximum absolute atomic E-state index is 13.0. The van der Waals surface area contributed by atoms with E-state index in [0.717, 1.165) is 4.90 Å². The van der Waals surface area contributed by atoms with E-state index in [9.17, 15) is 24.3 Å². The van der Waals surface area contributed by atoms with Crippen molar-refractivity contribution in [3.63, 3.8) is 0 Å². The van der Waals surface area contributed by atoms with E-state index in [2.05, 4.69) is 28.3 Å². The zero-order valence-electron chi connectivity index (χ0n) is 19.7. The predicted molar refractivity (Wildman–Crippen MR) is 131 cm³/mol. The quantitative estimate of drug-likeness (QED) is 0.308. The molecule has 2 heterocycles. The topological polar surface area (TPSA) is 141 Å². The molecule has 1 aromatic carbocycles. The lowest BCUT2D eigenvalue weighted by atomic mass is 10.0. The molecule has 11 nitrogen and oxygen atoms in total. The monoisotopic (exact) mass is 503 g/mol. The molecule has 3 N–H and O–H groups in total. The maximum atomic E-state index is 13.0. The summed E-state index contributed by atoms with van der Waals surface area (Å²) in [6.45, 7) is 5.87. The molecule has 0 radical (unpaired) electrons. The molecule has 2 aliphatic rings. The number of piperazine rings is 1. The molecule has 1 aromatic rings. The van der Waals surface area contributed by atoms with Crippen molar-refractivity contribution in [1.82, 2.24) is 20.4 Å². The van der Waals surface area contributed by atoms with Crippen molar-refractivity contribution in [3.8, 4) is 0 Å². The zero-order chi connectivity index (χ0) is 25.8. The number of benzene rings is 1. The van der Waals surface area contributed by atoms with E-state index in [0.29, 0.717) is 17.8 Å². The molecule has 0 aromatic heterocycles. The Morgan fingerprint density at radius 3 is 2.51 bits per heavy atom. The smallest absolute Gasteiger partial charge is 0.327 e. The molecule has 12 heteroatoms. The number of hydrogen-bond donors (Lipinski definition) is 4. The van der Waals surface area contributed by atoms with Crippen LogP contribution in [-0.2, 0) is 19.1 Å². The minimum absolute atomic E-state index is 0.0491. The molecule has 0 saturated carbocycles. The Bertz CT molecular complexity index is 1050. The Morgan fingerprint density at radius 1 is 1.23 bits per heavy atom. The van der Waals surface area contributed by atoms with Crippen LogP contribution in [0, 0.1) is 0 Å². The number of rotatable bonds is 8. The summed E-state index contributed by atoms with van der Waals surface area (Å²) < 4.78 is 4.87. The number of carbonyl (C=O) groups is 4. The number of aliphatic imine (C=N–C) groups is 1. The highest BCUT2D eigenvalue weighted by molar-refractivity contribution is 7.81. The van der Waals surface area contributed by atoms with Gasteiger partial charge in [0.1, 0.15) is 18.7 Å². The normalized spacial score (nSPS) is 19.2. The van der Waals surface area contributed by atoms with E-state index in [1.54, 1.807) is 45.0 Å². The van der Waals surface area contributed by atoms with Gasteiger partial charge in [0, 0.05) is 30.6 Å². The molecule has 35 heavy (non-hydrogen) atoms. The highest BCUT2D eigenvalue weighted by Crippen LogP contribution is 2.23. The SMILES string of the molecule is CCN1CCN(C(=O)N[C@@H](C2=NC(=CNC(C(=O)O)C(C)(C)S)CO2)c2ccccc2)C(=O)C1=O. The second-order valence-corrected chi connectivity index (χ2v) is 9.75. The summed E-state index contributed by atoms with van der Waals surface area (Å²) in [4.78, 5) is 55.9. The summed E-state index contributed by atoms with van der Waals surface area (Å²) in [7, 11) is 0. The third kappa shape index (κ3) is 6.13. The minimum atomic E-state index is -1.07. The first-order chi connectivity index (χ1) is 16.5. The molecule has 3 rings (SSSR count). The molecular weight excluding hydrogens is 474 g/mol. The third-order valence-electron chi connectivity index (χ3n) is 5.58. The van der Waals surface area contributed by atoms with Crippen LogP contribution in [0.3, 0.4) is 0 Å². The highest BCUT2D eigenvalue weighted by atomic mass is 32.1. The van der Waals surface area contributed by atoms with Crippen molar-refractivity contribution in [1.29, 1.82) is 0 Å². The van der Waals surface area contributed by atoms with Crippen molar-refractivity contribution in [3.05, 3.63) is 47.8 Å². The van der Waals surface area contributed by atoms with E-state index < -0.39 is 40.6 Å². The molecule has 1 unspecified atom stereocenters. The molecule has 0 spiro atoms. The maximum Gasteiger partial charge on any atom is 0.327 e. The molecule has 188 valence electrons. The predicted octanol–water partition coefficient (Wildman–Crippen LogP) is 1.15. The summed E-state index contributed by atoms with van der Waals surface area (Å²) in [5, 5.41) is 15.0. The number of urea groups is 1. The van der Waals surface area contributed by atoms with Crippen LogP contribution in [0.5, 0.6) is 0 Å². The van der Waals surface area contributed by atoms with Crippen LogP contribution in [0.25, 0.3) is 0 Å². The minimum Gasteiger partial charge on any atom is -0.480 e. The number of carboxylic acids is 1. The average molecular weight is 504 g/mol. The molecule has 1 fully saturated rings. The molecule has 0 aliphatic carbocycles. The van der Waals surface area contributed by atoms with Gasteiger partial charge in [0.2, 0.25) is 5.90 Å². The van der Waals surface area contributed by atoms with Crippen molar-refractivity contribution < 1.29 is 29.0 Å². The number of amides is 4. The van der Waals surface area contributed by atoms with Gasteiger partial charge < -0.3 is 25.4 Å². The number of aliphatic carboxylic acids is 1. The lowest BCUT2D eigenvalue weighted by Gasteiger charge is -2.32. The number of imide groups is 1. The molecule has 2 aliphatic heterocycles. The van der Waals surface area contributed by atoms with Gasteiger partial charge in [-0.3, -0.25) is 14.5 Å². The highest BCUT2D eigenvalue weighted by Gasteiger charge is 2.37. The first-order valence-electron chi connectivity index (χ1n) is 11.1. The summed E-state index contributed by atoms with van der Waals surface area (Å²) in [6.07, 6.45) is 1.44. The van der Waals surface area contributed by atoms with E-state index in [-0.39, 0.29) is 25.6 Å². The van der Waals surface area contributed by atoms with E-state index in [1.165, 1.54) is 11.1 Å². The van der Waals surface area contributed by atoms with E-state index in [4.69, 9.17) is 4.74 Å². The van der Waals surface area contributed by atoms with Crippen molar-refractivity contribution in [2.45, 2.75) is 37.6 Å². The molecule has 2 atom stereocenters. The number of thiol groups is 1. The van der Waals surface area contributed by atoms with Gasteiger partial charge in [-0.05, 0) is 26.3 Å². The van der Waals surface area contributed by atoms with Gasteiger partial charge in [0.25, 0.3) is 0 Å². The fourth-order valence-corrected chi connectivity index (χ4v) is 3.82. The first kappa shape index (κ1) is 26.1. The number of ether oxygens (including phenoxy) is 1. The second kappa shape index (κ2) is 10.8. The van der Waals surface area contributed by atoms with Crippen LogP contribution in [0.1, 0.15) is 32.4 Å². The standard InChI is InChI=1S/C23H29N5O6S/c1-4-27-10-11-28(20(30)19(27)29)22(33)26-16(14-8-6-5-7-9-14)18-25-15(13-34-18)12-24-17(21(31)32)23(2,3)35/h5-9,12,16-17,24,35H,4,10-11,13H2,1-3H3,(H,26,33)(H,31,32)/t16-,17?/m1/s1. The van der Waals surface area contributed by atoms with Crippen LogP contribution in [0.4, 0.5) is 4.79 Å². The summed E-state index contributed by atoms with van der Waals surface area (Å²) >= 11 is 4.33. The number of nitrogens with zero attached hydrogens (tertiary/aromatic N) is 3. The molecule has 1 saturated heterocycles. The Morgan fingerprint density at radius 2 is 1.91 bits per heavy atom. The van der Waals surface area contributed by atoms with Gasteiger partial charge in [0.05, 0.1) is 5.70 Å². The molecule has 4 amide bonds. The number of hydrogen-bond acceptors (Lipinski definition) is 8. The fraction of sp³-hybridized carbons (Fsp3) is 0.435. The lowest BCUT2D eigenvalue weighted by molar-refractivity contribution is -0.153.